The SMILES string of the molecule is O=C(Nc1c(I)cc(I)cc1I)c1cncc(Br)c1. The second-order valence-electron chi connectivity index (χ2n) is 3.59. The minimum absolute atomic E-state index is 0.161. The van der Waals surface area contributed by atoms with Gasteiger partial charge in [0.2, 0.25) is 0 Å². The molecule has 2 aromatic rings. The molecular weight excluding hydrogens is 649 g/mol. The van der Waals surface area contributed by atoms with E-state index in [1.807, 2.05) is 12.1 Å². The number of nitrogens with zero attached hydrogens (tertiary/aromatic N) is 1. The van der Waals surface area contributed by atoms with Crippen LogP contribution in [-0.4, -0.2) is 10.9 Å². The fourth-order valence-corrected chi connectivity index (χ4v) is 5.60. The predicted octanol–water partition coefficient (Wildman–Crippen LogP) is 4.91. The fraction of sp³-hybridized carbons (Fsp3) is 0. The van der Waals surface area contributed by atoms with Gasteiger partial charge in [-0.15, -0.1) is 0 Å². The van der Waals surface area contributed by atoms with E-state index in [2.05, 4.69) is 94.0 Å². The van der Waals surface area contributed by atoms with Gasteiger partial charge in [-0.25, -0.2) is 0 Å². The molecule has 19 heavy (non-hydrogen) atoms. The molecule has 0 spiro atoms. The first-order chi connectivity index (χ1) is 8.97. The smallest absolute Gasteiger partial charge is 0.257 e. The zero-order chi connectivity index (χ0) is 14.0. The molecule has 98 valence electrons. The molecule has 1 heterocycles. The summed E-state index contributed by atoms with van der Waals surface area (Å²) >= 11 is 10.0. The lowest BCUT2D eigenvalue weighted by Crippen LogP contribution is -2.14. The van der Waals surface area contributed by atoms with Crippen molar-refractivity contribution in [2.75, 3.05) is 5.32 Å². The van der Waals surface area contributed by atoms with Gasteiger partial charge in [-0.3, -0.25) is 9.78 Å². The molecule has 1 N–H and O–H groups in total. The van der Waals surface area contributed by atoms with Gasteiger partial charge in [0.1, 0.15) is 0 Å². The Balaban J connectivity index is 2.29. The van der Waals surface area contributed by atoms with Crippen LogP contribution >= 0.6 is 83.7 Å². The Morgan fingerprint density at radius 1 is 1.11 bits per heavy atom. The van der Waals surface area contributed by atoms with Gasteiger partial charge in [-0.2, -0.15) is 0 Å². The second-order valence-corrected chi connectivity index (χ2v) is 8.08. The van der Waals surface area contributed by atoms with Crippen LogP contribution in [0.25, 0.3) is 0 Å². The van der Waals surface area contributed by atoms with E-state index in [4.69, 9.17) is 0 Å². The molecule has 1 aromatic carbocycles. The molecule has 0 aliphatic rings. The molecule has 0 saturated heterocycles. The Hall–Kier alpha value is 0.510. The van der Waals surface area contributed by atoms with E-state index in [0.717, 1.165) is 20.9 Å². The molecule has 0 saturated carbocycles. The first kappa shape index (κ1) is 15.9. The van der Waals surface area contributed by atoms with Gasteiger partial charge < -0.3 is 5.32 Å². The summed E-state index contributed by atoms with van der Waals surface area (Å²) in [4.78, 5) is 16.2. The number of pyridine rings is 1. The van der Waals surface area contributed by atoms with Crippen molar-refractivity contribution in [2.45, 2.75) is 0 Å². The van der Waals surface area contributed by atoms with Gasteiger partial charge in [0.25, 0.3) is 5.91 Å². The summed E-state index contributed by atoms with van der Waals surface area (Å²) in [7, 11) is 0. The van der Waals surface area contributed by atoms with Crippen molar-refractivity contribution in [1.82, 2.24) is 4.98 Å². The maximum absolute atomic E-state index is 12.2. The topological polar surface area (TPSA) is 42.0 Å². The first-order valence-corrected chi connectivity index (χ1v) is 9.07. The van der Waals surface area contributed by atoms with Crippen LogP contribution in [0.1, 0.15) is 10.4 Å². The highest BCUT2D eigenvalue weighted by Crippen LogP contribution is 2.27. The van der Waals surface area contributed by atoms with E-state index in [9.17, 15) is 4.79 Å². The molecule has 1 amide bonds. The number of carbonyl (C=O) groups is 1. The lowest BCUT2D eigenvalue weighted by molar-refractivity contribution is 0.102. The van der Waals surface area contributed by atoms with Gasteiger partial charge in [-0.1, -0.05) is 0 Å². The van der Waals surface area contributed by atoms with E-state index in [-0.39, 0.29) is 5.91 Å². The number of aromatic nitrogens is 1. The highest BCUT2D eigenvalue weighted by Gasteiger charge is 2.12. The van der Waals surface area contributed by atoms with Crippen LogP contribution in [0, 0.1) is 10.7 Å². The third kappa shape index (κ3) is 4.24. The summed E-state index contributed by atoms with van der Waals surface area (Å²) in [5.74, 6) is -0.161. The number of benzene rings is 1. The van der Waals surface area contributed by atoms with Crippen molar-refractivity contribution in [3.8, 4) is 0 Å². The molecule has 0 aliphatic carbocycles. The van der Waals surface area contributed by atoms with Crippen molar-refractivity contribution in [2.24, 2.45) is 0 Å². The van der Waals surface area contributed by atoms with Crippen molar-refractivity contribution < 1.29 is 4.79 Å². The van der Waals surface area contributed by atoms with Crippen molar-refractivity contribution in [1.29, 1.82) is 0 Å². The van der Waals surface area contributed by atoms with Crippen molar-refractivity contribution in [3.63, 3.8) is 0 Å². The lowest BCUT2D eigenvalue weighted by atomic mass is 10.2. The van der Waals surface area contributed by atoms with E-state index in [1.165, 1.54) is 0 Å². The lowest BCUT2D eigenvalue weighted by Gasteiger charge is -2.10. The zero-order valence-electron chi connectivity index (χ0n) is 9.25. The minimum atomic E-state index is -0.161. The second kappa shape index (κ2) is 6.98. The summed E-state index contributed by atoms with van der Waals surface area (Å²) in [5.41, 5.74) is 1.37. The minimum Gasteiger partial charge on any atom is -0.320 e. The third-order valence-corrected chi connectivity index (χ3v) is 4.97. The van der Waals surface area contributed by atoms with Crippen LogP contribution in [0.5, 0.6) is 0 Å². The summed E-state index contributed by atoms with van der Waals surface area (Å²) in [5, 5.41) is 2.93. The van der Waals surface area contributed by atoms with Crippen LogP contribution < -0.4 is 5.32 Å². The molecule has 0 radical (unpaired) electrons. The van der Waals surface area contributed by atoms with Gasteiger partial charge >= 0.3 is 0 Å². The number of hydrogen-bond donors (Lipinski definition) is 1. The van der Waals surface area contributed by atoms with E-state index in [1.54, 1.807) is 18.5 Å². The summed E-state index contributed by atoms with van der Waals surface area (Å²) in [6.07, 6.45) is 3.20. The summed E-state index contributed by atoms with van der Waals surface area (Å²) in [6.45, 7) is 0. The van der Waals surface area contributed by atoms with Crippen LogP contribution in [-0.2, 0) is 0 Å². The Kier molecular flexibility index (Phi) is 5.84. The zero-order valence-corrected chi connectivity index (χ0v) is 17.3. The maximum Gasteiger partial charge on any atom is 0.257 e. The average molecular weight is 655 g/mol. The molecule has 2 rings (SSSR count). The molecule has 1 aromatic heterocycles. The third-order valence-electron chi connectivity index (χ3n) is 2.21. The number of hydrogen-bond acceptors (Lipinski definition) is 2. The number of anilines is 1. The molecule has 0 aliphatic heterocycles. The molecule has 3 nitrogen and oxygen atoms in total. The molecular formula is C12H6BrI3N2O. The maximum atomic E-state index is 12.2. The number of amides is 1. The molecule has 0 unspecified atom stereocenters. The van der Waals surface area contributed by atoms with E-state index < -0.39 is 0 Å². The van der Waals surface area contributed by atoms with Crippen LogP contribution in [0.3, 0.4) is 0 Å². The quantitative estimate of drug-likeness (QED) is 0.468. The first-order valence-electron chi connectivity index (χ1n) is 5.04. The summed E-state index contributed by atoms with van der Waals surface area (Å²) in [6, 6.07) is 5.80. The molecule has 0 bridgehead atoms. The van der Waals surface area contributed by atoms with Crippen LogP contribution in [0.4, 0.5) is 5.69 Å². The molecule has 0 fully saturated rings. The Labute approximate surface area is 159 Å². The Morgan fingerprint density at radius 2 is 1.74 bits per heavy atom. The van der Waals surface area contributed by atoms with E-state index in [0.29, 0.717) is 5.56 Å². The van der Waals surface area contributed by atoms with Gasteiger partial charge in [0, 0.05) is 27.6 Å². The number of rotatable bonds is 2. The monoisotopic (exact) mass is 654 g/mol. The van der Waals surface area contributed by atoms with Gasteiger partial charge in [0.15, 0.2) is 0 Å². The highest BCUT2D eigenvalue weighted by atomic mass is 127. The van der Waals surface area contributed by atoms with Crippen molar-refractivity contribution in [3.05, 3.63) is 51.3 Å². The standard InChI is InChI=1S/C12H6BrI3N2O/c13-7-1-6(4-17-5-7)12(19)18-11-9(15)2-8(14)3-10(11)16/h1-5H,(H,18,19). The molecule has 7 heteroatoms. The highest BCUT2D eigenvalue weighted by molar-refractivity contribution is 14.1. The number of halogens is 4. The van der Waals surface area contributed by atoms with Crippen LogP contribution in [0.15, 0.2) is 35.1 Å². The Morgan fingerprint density at radius 3 is 2.32 bits per heavy atom. The summed E-state index contributed by atoms with van der Waals surface area (Å²) < 4.78 is 3.97. The number of carbonyl (C=O) groups excluding carboxylic acids is 1. The van der Waals surface area contributed by atoms with E-state index >= 15 is 0 Å². The van der Waals surface area contributed by atoms with Crippen molar-refractivity contribution >= 4 is 95.3 Å². The normalized spacial score (nSPS) is 10.3. The molecule has 0 atom stereocenters. The largest absolute Gasteiger partial charge is 0.320 e. The van der Waals surface area contributed by atoms with Gasteiger partial charge in [0.05, 0.1) is 11.3 Å². The number of nitrogens with one attached hydrogen (secondary N) is 1. The van der Waals surface area contributed by atoms with Gasteiger partial charge in [-0.05, 0) is 102 Å². The van der Waals surface area contributed by atoms with Crippen LogP contribution in [0.2, 0.25) is 0 Å². The Bertz CT molecular complexity index is 626. The fourth-order valence-electron chi connectivity index (χ4n) is 1.38. The predicted molar refractivity (Wildman–Crippen MR) is 104 cm³/mol. The average Bonchev–Trinajstić information content (AvgIpc) is 2.33.